The second kappa shape index (κ2) is 7.59. The van der Waals surface area contributed by atoms with Crippen molar-refractivity contribution in [1.29, 1.82) is 0 Å². The number of aliphatic hydroxyl groups is 1. The zero-order valence-corrected chi connectivity index (χ0v) is 18.2. The van der Waals surface area contributed by atoms with Crippen LogP contribution in [0.25, 0.3) is 27.8 Å². The standard InChI is InChI=1S/C24H25N3O4/c1-14-10-18(15-11-20(30-4)22(31-5)25-12-15)26-19-13-27(23(28)21(14)19)17-8-6-16(7-9-17)24(2,3)29/h6-13,28-29H,1-5H3. The SMILES string of the molecule is COc1cc(-c2cc(C)c3c(O)n(-c4ccc(C(C)(C)O)cc4)cc3n2)cnc1OC. The number of rotatable bonds is 5. The van der Waals surface area contributed by atoms with Crippen LogP contribution in [-0.4, -0.2) is 39.0 Å². The Morgan fingerprint density at radius 3 is 2.35 bits per heavy atom. The molecule has 2 N–H and O–H groups in total. The number of pyridine rings is 2. The molecule has 7 heteroatoms. The van der Waals surface area contributed by atoms with Crippen LogP contribution in [0.1, 0.15) is 25.0 Å². The third-order valence-corrected chi connectivity index (χ3v) is 5.33. The van der Waals surface area contributed by atoms with Gasteiger partial charge in [-0.3, -0.25) is 4.57 Å². The van der Waals surface area contributed by atoms with Gasteiger partial charge in [-0.2, -0.15) is 0 Å². The Labute approximate surface area is 180 Å². The van der Waals surface area contributed by atoms with Gasteiger partial charge in [0.15, 0.2) is 5.75 Å². The monoisotopic (exact) mass is 419 g/mol. The molecule has 3 heterocycles. The van der Waals surface area contributed by atoms with Gasteiger partial charge < -0.3 is 19.7 Å². The van der Waals surface area contributed by atoms with Crippen molar-refractivity contribution in [2.75, 3.05) is 14.2 Å². The minimum atomic E-state index is -0.928. The fraction of sp³-hybridized carbons (Fsp3) is 0.250. The summed E-state index contributed by atoms with van der Waals surface area (Å²) in [5.74, 6) is 1.04. The first-order chi connectivity index (χ1) is 14.7. The largest absolute Gasteiger partial charge is 0.494 e. The third kappa shape index (κ3) is 3.68. The highest BCUT2D eigenvalue weighted by molar-refractivity contribution is 5.90. The van der Waals surface area contributed by atoms with E-state index >= 15 is 0 Å². The van der Waals surface area contributed by atoms with Crippen molar-refractivity contribution in [1.82, 2.24) is 14.5 Å². The van der Waals surface area contributed by atoms with Crippen molar-refractivity contribution >= 4 is 10.9 Å². The Morgan fingerprint density at radius 2 is 1.74 bits per heavy atom. The molecule has 0 amide bonds. The first-order valence-electron chi connectivity index (χ1n) is 9.86. The van der Waals surface area contributed by atoms with Gasteiger partial charge in [-0.25, -0.2) is 9.97 Å². The number of aromatic hydroxyl groups is 1. The van der Waals surface area contributed by atoms with Gasteiger partial charge >= 0.3 is 0 Å². The van der Waals surface area contributed by atoms with Crippen LogP contribution >= 0.6 is 0 Å². The molecule has 0 aliphatic rings. The summed E-state index contributed by atoms with van der Waals surface area (Å²) in [5.41, 5.74) is 3.69. The van der Waals surface area contributed by atoms with Crippen molar-refractivity contribution in [3.05, 3.63) is 59.9 Å². The highest BCUT2D eigenvalue weighted by atomic mass is 16.5. The van der Waals surface area contributed by atoms with Crippen LogP contribution in [0.4, 0.5) is 0 Å². The summed E-state index contributed by atoms with van der Waals surface area (Å²) in [5, 5.41) is 21.8. The second-order valence-corrected chi connectivity index (χ2v) is 7.95. The number of aryl methyl sites for hydroxylation is 1. The average Bonchev–Trinajstić information content (AvgIpc) is 3.09. The normalized spacial score (nSPS) is 11.7. The van der Waals surface area contributed by atoms with Crippen molar-refractivity contribution in [3.8, 4) is 34.5 Å². The quantitative estimate of drug-likeness (QED) is 0.500. The average molecular weight is 419 g/mol. The summed E-state index contributed by atoms with van der Waals surface area (Å²) in [6.07, 6.45) is 3.48. The molecule has 7 nitrogen and oxygen atoms in total. The maximum Gasteiger partial charge on any atom is 0.256 e. The van der Waals surface area contributed by atoms with Crippen molar-refractivity contribution in [2.24, 2.45) is 0 Å². The Bertz CT molecular complexity index is 1250. The lowest BCUT2D eigenvalue weighted by atomic mass is 9.98. The van der Waals surface area contributed by atoms with E-state index in [1.165, 1.54) is 0 Å². The lowest BCUT2D eigenvalue weighted by molar-refractivity contribution is 0.0786. The van der Waals surface area contributed by atoms with E-state index in [-0.39, 0.29) is 5.88 Å². The highest BCUT2D eigenvalue weighted by Gasteiger charge is 2.18. The fourth-order valence-electron chi connectivity index (χ4n) is 3.63. The van der Waals surface area contributed by atoms with E-state index in [1.807, 2.05) is 43.3 Å². The summed E-state index contributed by atoms with van der Waals surface area (Å²) in [6.45, 7) is 5.41. The van der Waals surface area contributed by atoms with Gasteiger partial charge in [0.05, 0.1) is 36.4 Å². The van der Waals surface area contributed by atoms with Crippen LogP contribution in [0.2, 0.25) is 0 Å². The van der Waals surface area contributed by atoms with Gasteiger partial charge in [0.25, 0.3) is 5.88 Å². The molecule has 160 valence electrons. The van der Waals surface area contributed by atoms with Crippen molar-refractivity contribution in [2.45, 2.75) is 26.4 Å². The smallest absolute Gasteiger partial charge is 0.256 e. The minimum absolute atomic E-state index is 0.119. The van der Waals surface area contributed by atoms with Gasteiger partial charge in [-0.05, 0) is 56.2 Å². The summed E-state index contributed by atoms with van der Waals surface area (Å²) < 4.78 is 12.3. The topological polar surface area (TPSA) is 89.6 Å². The highest BCUT2D eigenvalue weighted by Crippen LogP contribution is 2.36. The molecule has 0 saturated carbocycles. The fourth-order valence-corrected chi connectivity index (χ4v) is 3.63. The number of fused-ring (bicyclic) bond motifs is 1. The molecule has 0 spiro atoms. The zero-order valence-electron chi connectivity index (χ0n) is 18.2. The van der Waals surface area contributed by atoms with Crippen LogP contribution in [0.3, 0.4) is 0 Å². The third-order valence-electron chi connectivity index (χ3n) is 5.33. The first kappa shape index (κ1) is 20.7. The molecule has 0 atom stereocenters. The number of aromatic nitrogens is 3. The van der Waals surface area contributed by atoms with Gasteiger partial charge in [-0.15, -0.1) is 0 Å². The van der Waals surface area contributed by atoms with E-state index in [9.17, 15) is 10.2 Å². The van der Waals surface area contributed by atoms with Crippen LogP contribution in [-0.2, 0) is 5.60 Å². The molecule has 0 aliphatic carbocycles. The molecule has 0 aliphatic heterocycles. The van der Waals surface area contributed by atoms with E-state index in [0.717, 1.165) is 22.4 Å². The zero-order chi connectivity index (χ0) is 22.3. The molecule has 31 heavy (non-hydrogen) atoms. The second-order valence-electron chi connectivity index (χ2n) is 7.95. The summed E-state index contributed by atoms with van der Waals surface area (Å²) >= 11 is 0. The van der Waals surface area contributed by atoms with Crippen LogP contribution in [0, 0.1) is 6.92 Å². The van der Waals surface area contributed by atoms with Gasteiger partial charge in [0.1, 0.15) is 0 Å². The lowest BCUT2D eigenvalue weighted by Crippen LogP contribution is -2.15. The predicted molar refractivity (Wildman–Crippen MR) is 119 cm³/mol. The molecule has 1 aromatic carbocycles. The van der Waals surface area contributed by atoms with Crippen LogP contribution < -0.4 is 9.47 Å². The van der Waals surface area contributed by atoms with Crippen LogP contribution in [0.15, 0.2) is 48.8 Å². The van der Waals surface area contributed by atoms with E-state index in [1.54, 1.807) is 45.0 Å². The number of ether oxygens (including phenoxy) is 2. The first-order valence-corrected chi connectivity index (χ1v) is 9.86. The lowest BCUT2D eigenvalue weighted by Gasteiger charge is -2.18. The number of hydrogen-bond donors (Lipinski definition) is 2. The van der Waals surface area contributed by atoms with E-state index in [0.29, 0.717) is 28.2 Å². The van der Waals surface area contributed by atoms with E-state index in [2.05, 4.69) is 4.98 Å². The van der Waals surface area contributed by atoms with E-state index in [4.69, 9.17) is 14.5 Å². The number of nitrogens with zero attached hydrogens (tertiary/aromatic N) is 3. The summed E-state index contributed by atoms with van der Waals surface area (Å²) in [6, 6.07) is 11.2. The predicted octanol–water partition coefficient (Wildman–Crippen LogP) is 4.35. The molecule has 4 rings (SSSR count). The Balaban J connectivity index is 1.81. The Hall–Kier alpha value is -3.58. The maximum absolute atomic E-state index is 10.9. The molecule has 0 radical (unpaired) electrons. The number of hydrogen-bond acceptors (Lipinski definition) is 6. The van der Waals surface area contributed by atoms with Gasteiger partial charge in [-0.1, -0.05) is 12.1 Å². The number of methoxy groups -OCH3 is 2. The molecule has 4 aromatic rings. The van der Waals surface area contributed by atoms with Crippen molar-refractivity contribution < 1.29 is 19.7 Å². The molecule has 0 bridgehead atoms. The maximum atomic E-state index is 10.9. The van der Waals surface area contributed by atoms with Gasteiger partial charge in [0, 0.05) is 23.6 Å². The molecular formula is C24H25N3O4. The molecular weight excluding hydrogens is 394 g/mol. The minimum Gasteiger partial charge on any atom is -0.494 e. The van der Waals surface area contributed by atoms with Gasteiger partial charge in [0.2, 0.25) is 5.88 Å². The van der Waals surface area contributed by atoms with E-state index < -0.39 is 5.60 Å². The summed E-state index contributed by atoms with van der Waals surface area (Å²) in [7, 11) is 3.10. The van der Waals surface area contributed by atoms with Crippen molar-refractivity contribution in [3.63, 3.8) is 0 Å². The molecule has 0 saturated heterocycles. The Morgan fingerprint density at radius 1 is 1.03 bits per heavy atom. The van der Waals surface area contributed by atoms with Crippen LogP contribution in [0.5, 0.6) is 17.5 Å². The molecule has 0 unspecified atom stereocenters. The number of benzene rings is 1. The molecule has 0 fully saturated rings. The summed E-state index contributed by atoms with van der Waals surface area (Å²) in [4.78, 5) is 9.03. The molecule has 3 aromatic heterocycles. The Kier molecular flexibility index (Phi) is 5.07.